The van der Waals surface area contributed by atoms with Gasteiger partial charge in [-0.25, -0.2) is 0 Å². The highest BCUT2D eigenvalue weighted by Gasteiger charge is 2.70. The zero-order chi connectivity index (χ0) is 48.3. The molecule has 8 rings (SSSR count). The number of carbonyl (C=O) groups is 1. The molecule has 0 aromatic carbocycles. The van der Waals surface area contributed by atoms with Crippen molar-refractivity contribution in [2.75, 3.05) is 19.8 Å². The minimum atomic E-state index is -1.69. The molecular weight excluding hydrogens is 865 g/mol. The van der Waals surface area contributed by atoms with Crippen LogP contribution in [-0.4, -0.2) is 180 Å². The van der Waals surface area contributed by atoms with Crippen LogP contribution >= 0.6 is 0 Å². The van der Waals surface area contributed by atoms with E-state index in [2.05, 4.69) is 54.5 Å². The Bertz CT molecular complexity index is 1790. The van der Waals surface area contributed by atoms with Crippen molar-refractivity contribution in [3.8, 4) is 0 Å². The fourth-order valence-electron chi connectivity index (χ4n) is 14.9. The van der Waals surface area contributed by atoms with Gasteiger partial charge in [0.25, 0.3) is 0 Å². The molecule has 18 nitrogen and oxygen atoms in total. The molecule has 3 heterocycles. The maximum absolute atomic E-state index is 14.7. The van der Waals surface area contributed by atoms with Crippen LogP contribution in [0.3, 0.4) is 0 Å². The van der Waals surface area contributed by atoms with Gasteiger partial charge < -0.3 is 84.6 Å². The van der Waals surface area contributed by atoms with Crippen molar-refractivity contribution >= 4 is 5.97 Å². The molecule has 66 heavy (non-hydrogen) atoms. The van der Waals surface area contributed by atoms with E-state index in [9.17, 15) is 61.0 Å². The van der Waals surface area contributed by atoms with Gasteiger partial charge in [0.15, 0.2) is 12.6 Å². The number of fused-ring (bicyclic) bond motifs is 7. The zero-order valence-corrected chi connectivity index (χ0v) is 39.5. The Kier molecular flexibility index (Phi) is 13.9. The maximum atomic E-state index is 14.7. The number of carbonyl (C=O) groups excluding carboxylic acids is 1. The first-order valence-electron chi connectivity index (χ1n) is 24.3. The van der Waals surface area contributed by atoms with Crippen molar-refractivity contribution in [1.29, 1.82) is 0 Å². The summed E-state index contributed by atoms with van der Waals surface area (Å²) in [6, 6.07) is 0. The maximum Gasteiger partial charge on any atom is 0.315 e. The molecule has 4 saturated carbocycles. The standard InChI is InChI=1S/C48H78O18/c1-43(2)14-16-48(42(60)66-41-38(59)34(55)31(52)25(20-50)63-41)17-15-46(6)22(23(48)18-43)8-9-28-45(5)12-11-29(44(3,4)27(45)10-13-47(28,46)7)65-40-37(58)35(56)32(53)26(64-40)21-61-39-36(57)33(54)30(51)24(19-49)62-39/h8,23-41,49-59H,9-21H2,1-7H3/t23-,24-,25-,26-,27+,28-,29+,30-,31-,32-,33+,34+,35+,36-,37-,38-,39-,40+,41+,45+,46-,47-,48+/m1/s1. The Morgan fingerprint density at radius 2 is 1.17 bits per heavy atom. The van der Waals surface area contributed by atoms with Gasteiger partial charge in [0.2, 0.25) is 6.29 Å². The van der Waals surface area contributed by atoms with E-state index in [1.807, 2.05) is 0 Å². The second-order valence-corrected chi connectivity index (χ2v) is 23.5. The van der Waals surface area contributed by atoms with E-state index in [4.69, 9.17) is 28.4 Å². The highest BCUT2D eigenvalue weighted by molar-refractivity contribution is 5.79. The van der Waals surface area contributed by atoms with Crippen molar-refractivity contribution in [1.82, 2.24) is 0 Å². The van der Waals surface area contributed by atoms with Crippen LogP contribution in [0, 0.1) is 50.2 Å². The normalized spacial score (nSPS) is 53.3. The third-order valence-corrected chi connectivity index (χ3v) is 19.3. The molecule has 11 N–H and O–H groups in total. The average molecular weight is 943 g/mol. The molecule has 378 valence electrons. The molecule has 7 fully saturated rings. The number of esters is 1. The number of aliphatic hydroxyl groups is 11. The summed E-state index contributed by atoms with van der Waals surface area (Å²) in [6.45, 7) is 14.4. The molecule has 0 bridgehead atoms. The minimum absolute atomic E-state index is 0.0540. The van der Waals surface area contributed by atoms with Gasteiger partial charge in [-0.2, -0.15) is 0 Å². The lowest BCUT2D eigenvalue weighted by Crippen LogP contribution is -2.66. The molecule has 3 aliphatic heterocycles. The van der Waals surface area contributed by atoms with Gasteiger partial charge in [0.1, 0.15) is 73.2 Å². The van der Waals surface area contributed by atoms with Crippen molar-refractivity contribution in [2.24, 2.45) is 50.2 Å². The Morgan fingerprint density at radius 3 is 1.79 bits per heavy atom. The molecule has 0 amide bonds. The largest absolute Gasteiger partial charge is 0.432 e. The summed E-state index contributed by atoms with van der Waals surface area (Å²) in [7, 11) is 0. The van der Waals surface area contributed by atoms with E-state index in [1.165, 1.54) is 5.57 Å². The molecule has 0 unspecified atom stereocenters. The first-order valence-corrected chi connectivity index (χ1v) is 24.3. The predicted octanol–water partition coefficient (Wildman–Crippen LogP) is 0.141. The van der Waals surface area contributed by atoms with E-state index in [-0.39, 0.29) is 39.4 Å². The molecule has 18 heteroatoms. The van der Waals surface area contributed by atoms with Crippen LogP contribution in [-0.2, 0) is 33.2 Å². The average Bonchev–Trinajstić information content (AvgIpc) is 3.26. The van der Waals surface area contributed by atoms with Crippen LogP contribution in [0.1, 0.15) is 113 Å². The number of rotatable bonds is 9. The molecule has 3 saturated heterocycles. The smallest absolute Gasteiger partial charge is 0.315 e. The first kappa shape index (κ1) is 50.9. The highest BCUT2D eigenvalue weighted by atomic mass is 16.7. The van der Waals surface area contributed by atoms with Gasteiger partial charge in [0.05, 0.1) is 31.3 Å². The van der Waals surface area contributed by atoms with E-state index in [0.717, 1.165) is 44.9 Å². The topological polar surface area (TPSA) is 295 Å². The van der Waals surface area contributed by atoms with Crippen LogP contribution in [0.5, 0.6) is 0 Å². The minimum Gasteiger partial charge on any atom is -0.432 e. The quantitative estimate of drug-likeness (QED) is 0.0833. The molecule has 0 aromatic rings. The molecule has 0 aromatic heterocycles. The van der Waals surface area contributed by atoms with Crippen LogP contribution in [0.4, 0.5) is 0 Å². The fourth-order valence-corrected chi connectivity index (χ4v) is 14.9. The van der Waals surface area contributed by atoms with Gasteiger partial charge in [0, 0.05) is 0 Å². The number of hydrogen-bond acceptors (Lipinski definition) is 18. The summed E-state index contributed by atoms with van der Waals surface area (Å²) in [6.07, 6.45) is -13.2. The van der Waals surface area contributed by atoms with Gasteiger partial charge in [-0.3, -0.25) is 4.79 Å². The lowest BCUT2D eigenvalue weighted by atomic mass is 9.33. The number of ether oxygens (including phenoxy) is 6. The summed E-state index contributed by atoms with van der Waals surface area (Å²) in [5.74, 6) is -0.157. The fraction of sp³-hybridized carbons (Fsp3) is 0.938. The number of allylic oxidation sites excluding steroid dienone is 2. The van der Waals surface area contributed by atoms with Crippen LogP contribution in [0.25, 0.3) is 0 Å². The van der Waals surface area contributed by atoms with Gasteiger partial charge in [-0.05, 0) is 109 Å². The van der Waals surface area contributed by atoms with Crippen LogP contribution < -0.4 is 0 Å². The SMILES string of the molecule is CC1(C)CC[C@]2(C(=O)O[C@@H]3O[C@H](CO)[C@@H](O)[C@H](O)[C@H]3O)CC[C@]3(C)C(=CC[C@@H]4[C@@]5(C)CC[C@H](O[C@@H]6O[C@H](CO[C@@H]7O[C@H](CO)[C@@H](O)[C@H](O)[C@H]7O)[C@@H](O)[C@H](O)[C@H]6O)C(C)(C)[C@@H]5CC[C@]43C)[C@H]2C1. The number of aliphatic hydroxyl groups excluding tert-OH is 11. The predicted molar refractivity (Wildman–Crippen MR) is 230 cm³/mol. The van der Waals surface area contributed by atoms with E-state index >= 15 is 0 Å². The Labute approximate surface area is 387 Å². The van der Waals surface area contributed by atoms with E-state index in [1.54, 1.807) is 0 Å². The molecule has 0 spiro atoms. The van der Waals surface area contributed by atoms with Gasteiger partial charge in [-0.15, -0.1) is 0 Å². The molecule has 5 aliphatic carbocycles. The molecular formula is C48H78O18. The van der Waals surface area contributed by atoms with Crippen LogP contribution in [0.2, 0.25) is 0 Å². The molecule has 23 atom stereocenters. The lowest BCUT2D eigenvalue weighted by Gasteiger charge is -2.71. The molecule has 8 aliphatic rings. The second-order valence-electron chi connectivity index (χ2n) is 23.5. The summed E-state index contributed by atoms with van der Waals surface area (Å²) in [5, 5.41) is 115. The van der Waals surface area contributed by atoms with Crippen molar-refractivity contribution < 1.29 is 89.4 Å². The summed E-state index contributed by atoms with van der Waals surface area (Å²) >= 11 is 0. The third-order valence-electron chi connectivity index (χ3n) is 19.3. The van der Waals surface area contributed by atoms with Crippen molar-refractivity contribution in [3.05, 3.63) is 11.6 Å². The number of hydrogen-bond donors (Lipinski definition) is 11. The first-order chi connectivity index (χ1) is 30.8. The summed E-state index contributed by atoms with van der Waals surface area (Å²) in [5.41, 5.74) is -0.613. The van der Waals surface area contributed by atoms with E-state index in [0.29, 0.717) is 19.3 Å². The second kappa shape index (κ2) is 18.0. The third kappa shape index (κ3) is 7.96. The Balaban J connectivity index is 0.995. The summed E-state index contributed by atoms with van der Waals surface area (Å²) in [4.78, 5) is 14.7. The zero-order valence-electron chi connectivity index (χ0n) is 39.5. The lowest BCUT2D eigenvalue weighted by molar-refractivity contribution is -0.345. The van der Waals surface area contributed by atoms with Crippen molar-refractivity contribution in [2.45, 2.75) is 211 Å². The van der Waals surface area contributed by atoms with Crippen LogP contribution in [0.15, 0.2) is 11.6 Å². The summed E-state index contributed by atoms with van der Waals surface area (Å²) < 4.78 is 35.5. The highest BCUT2D eigenvalue weighted by Crippen LogP contribution is 2.76. The van der Waals surface area contributed by atoms with E-state index < -0.39 is 135 Å². The Morgan fingerprint density at radius 1 is 0.621 bits per heavy atom. The van der Waals surface area contributed by atoms with Gasteiger partial charge in [-0.1, -0.05) is 60.1 Å². The van der Waals surface area contributed by atoms with Crippen molar-refractivity contribution in [3.63, 3.8) is 0 Å². The molecule has 0 radical (unpaired) electrons. The van der Waals surface area contributed by atoms with Gasteiger partial charge >= 0.3 is 5.97 Å². The Hall–Kier alpha value is -1.43. The monoisotopic (exact) mass is 943 g/mol.